The van der Waals surface area contributed by atoms with E-state index in [1.165, 1.54) is 25.7 Å². The standard InChI is InChI=1S/C28H42O5/c1-20-26(32-24-16-6-5-7-17-24)22(18-21-12-8-9-13-21)14-10-11-15-23(27(30)31-20)19-25(29)33-28(2,3)4/h5-7,16-17,20-23,26H,8-15,18-19H2,1-4H3/t20-,22+,23+,26-/m0/s1. The van der Waals surface area contributed by atoms with E-state index in [9.17, 15) is 9.59 Å². The molecule has 2 fully saturated rings. The summed E-state index contributed by atoms with van der Waals surface area (Å²) in [6.45, 7) is 7.47. The molecule has 5 nitrogen and oxygen atoms in total. The van der Waals surface area contributed by atoms with E-state index in [2.05, 4.69) is 0 Å². The SMILES string of the molecule is C[C@@H]1OC(=O)[C@@H](CC(=O)OC(C)(C)C)CCCC[C@H](CC2CCCC2)[C@H]1Oc1ccccc1. The smallest absolute Gasteiger partial charge is 0.309 e. The van der Waals surface area contributed by atoms with Gasteiger partial charge in [0.15, 0.2) is 0 Å². The van der Waals surface area contributed by atoms with E-state index in [1.54, 1.807) is 0 Å². The summed E-state index contributed by atoms with van der Waals surface area (Å²) in [6.07, 6.45) is 9.46. The van der Waals surface area contributed by atoms with Gasteiger partial charge in [0.2, 0.25) is 0 Å². The number of rotatable bonds is 6. The first-order chi connectivity index (χ1) is 15.7. The highest BCUT2D eigenvalue weighted by Crippen LogP contribution is 2.36. The van der Waals surface area contributed by atoms with Gasteiger partial charge in [-0.3, -0.25) is 9.59 Å². The van der Waals surface area contributed by atoms with Crippen LogP contribution in [0.4, 0.5) is 0 Å². The lowest BCUT2D eigenvalue weighted by Crippen LogP contribution is -2.42. The molecule has 1 saturated carbocycles. The van der Waals surface area contributed by atoms with Crippen LogP contribution in [0.1, 0.15) is 91.9 Å². The highest BCUT2D eigenvalue weighted by molar-refractivity contribution is 5.80. The van der Waals surface area contributed by atoms with Crippen LogP contribution in [-0.2, 0) is 19.1 Å². The number of cyclic esters (lactones) is 1. The number of hydrogen-bond acceptors (Lipinski definition) is 5. The molecule has 0 aromatic heterocycles. The molecule has 1 aliphatic carbocycles. The molecule has 33 heavy (non-hydrogen) atoms. The molecule has 3 rings (SSSR count). The second-order valence-corrected chi connectivity index (χ2v) is 11.0. The predicted molar refractivity (Wildman–Crippen MR) is 129 cm³/mol. The van der Waals surface area contributed by atoms with Gasteiger partial charge in [0.1, 0.15) is 23.6 Å². The topological polar surface area (TPSA) is 61.8 Å². The molecule has 0 N–H and O–H groups in total. The van der Waals surface area contributed by atoms with E-state index in [0.29, 0.717) is 12.3 Å². The van der Waals surface area contributed by atoms with E-state index >= 15 is 0 Å². The van der Waals surface area contributed by atoms with Crippen LogP contribution in [0.15, 0.2) is 30.3 Å². The Balaban J connectivity index is 1.74. The second-order valence-electron chi connectivity index (χ2n) is 11.0. The lowest BCUT2D eigenvalue weighted by molar-refractivity contribution is -0.167. The number of ether oxygens (including phenoxy) is 3. The monoisotopic (exact) mass is 458 g/mol. The second kappa shape index (κ2) is 11.9. The fraction of sp³-hybridized carbons (Fsp3) is 0.714. The lowest BCUT2D eigenvalue weighted by atomic mass is 9.82. The van der Waals surface area contributed by atoms with Crippen LogP contribution in [-0.4, -0.2) is 29.7 Å². The van der Waals surface area contributed by atoms with Crippen molar-refractivity contribution in [2.24, 2.45) is 17.8 Å². The van der Waals surface area contributed by atoms with Crippen molar-refractivity contribution in [1.29, 1.82) is 0 Å². The van der Waals surface area contributed by atoms with Crippen LogP contribution in [0.25, 0.3) is 0 Å². The van der Waals surface area contributed by atoms with Gasteiger partial charge in [0.05, 0.1) is 12.3 Å². The summed E-state index contributed by atoms with van der Waals surface area (Å²) in [5.41, 5.74) is -0.563. The van der Waals surface area contributed by atoms with Crippen LogP contribution in [0.5, 0.6) is 5.75 Å². The van der Waals surface area contributed by atoms with Gasteiger partial charge < -0.3 is 14.2 Å². The number of esters is 2. The summed E-state index contributed by atoms with van der Waals surface area (Å²) in [7, 11) is 0. The molecule has 4 atom stereocenters. The molecule has 0 radical (unpaired) electrons. The zero-order valence-electron chi connectivity index (χ0n) is 20.9. The fourth-order valence-electron chi connectivity index (χ4n) is 5.35. The van der Waals surface area contributed by atoms with E-state index in [0.717, 1.165) is 37.4 Å². The molecule has 0 spiro atoms. The Morgan fingerprint density at radius 1 is 1.00 bits per heavy atom. The maximum Gasteiger partial charge on any atom is 0.309 e. The molecule has 0 amide bonds. The van der Waals surface area contributed by atoms with Gasteiger partial charge in [-0.2, -0.15) is 0 Å². The average molecular weight is 459 g/mol. The first-order valence-corrected chi connectivity index (χ1v) is 12.9. The highest BCUT2D eigenvalue weighted by Gasteiger charge is 2.36. The molecule has 1 aromatic rings. The number of benzene rings is 1. The van der Waals surface area contributed by atoms with E-state index < -0.39 is 11.5 Å². The lowest BCUT2D eigenvalue weighted by Gasteiger charge is -2.35. The van der Waals surface area contributed by atoms with Gasteiger partial charge in [-0.15, -0.1) is 0 Å². The average Bonchev–Trinajstić information content (AvgIpc) is 3.25. The molecule has 5 heteroatoms. The summed E-state index contributed by atoms with van der Waals surface area (Å²) in [5, 5.41) is 0. The van der Waals surface area contributed by atoms with Gasteiger partial charge in [0, 0.05) is 0 Å². The van der Waals surface area contributed by atoms with Crippen molar-refractivity contribution >= 4 is 11.9 Å². The zero-order valence-corrected chi connectivity index (χ0v) is 20.9. The number of carbonyl (C=O) groups is 2. The normalized spacial score (nSPS) is 27.6. The number of carbonyl (C=O) groups excluding carboxylic acids is 2. The zero-order chi connectivity index (χ0) is 23.8. The van der Waals surface area contributed by atoms with Crippen LogP contribution in [0.3, 0.4) is 0 Å². The van der Waals surface area contributed by atoms with Gasteiger partial charge in [-0.25, -0.2) is 0 Å². The van der Waals surface area contributed by atoms with Crippen molar-refractivity contribution < 1.29 is 23.8 Å². The molecule has 1 heterocycles. The Bertz CT molecular complexity index is 747. The number of para-hydroxylation sites is 1. The molecule has 1 saturated heterocycles. The van der Waals surface area contributed by atoms with Crippen molar-refractivity contribution in [1.82, 2.24) is 0 Å². The Hall–Kier alpha value is -2.04. The summed E-state index contributed by atoms with van der Waals surface area (Å²) in [6, 6.07) is 9.84. The molecule has 0 bridgehead atoms. The molecular weight excluding hydrogens is 416 g/mol. The Morgan fingerprint density at radius 3 is 2.30 bits per heavy atom. The van der Waals surface area contributed by atoms with Crippen LogP contribution in [0.2, 0.25) is 0 Å². The largest absolute Gasteiger partial charge is 0.486 e. The fourth-order valence-corrected chi connectivity index (χ4v) is 5.35. The third kappa shape index (κ3) is 8.35. The van der Waals surface area contributed by atoms with Gasteiger partial charge in [0.25, 0.3) is 0 Å². The highest BCUT2D eigenvalue weighted by atomic mass is 16.6. The van der Waals surface area contributed by atoms with Gasteiger partial charge in [-0.05, 0) is 70.9 Å². The summed E-state index contributed by atoms with van der Waals surface area (Å²) < 4.78 is 17.9. The molecule has 0 unspecified atom stereocenters. The van der Waals surface area contributed by atoms with Crippen molar-refractivity contribution in [2.45, 2.75) is 110 Å². The van der Waals surface area contributed by atoms with Gasteiger partial charge in [-0.1, -0.05) is 56.7 Å². The van der Waals surface area contributed by atoms with Crippen molar-refractivity contribution in [3.63, 3.8) is 0 Å². The van der Waals surface area contributed by atoms with E-state index in [4.69, 9.17) is 14.2 Å². The molecule has 1 aromatic carbocycles. The molecular formula is C28H42O5. The Labute approximate surface area is 199 Å². The van der Waals surface area contributed by atoms with Crippen molar-refractivity contribution in [2.75, 3.05) is 0 Å². The van der Waals surface area contributed by atoms with Crippen LogP contribution >= 0.6 is 0 Å². The van der Waals surface area contributed by atoms with Crippen molar-refractivity contribution in [3.05, 3.63) is 30.3 Å². The Kier molecular flexibility index (Phi) is 9.22. The van der Waals surface area contributed by atoms with E-state index in [1.807, 2.05) is 58.0 Å². The third-order valence-corrected chi connectivity index (χ3v) is 6.90. The quantitative estimate of drug-likeness (QED) is 0.456. The van der Waals surface area contributed by atoms with Crippen LogP contribution in [0, 0.1) is 17.8 Å². The van der Waals surface area contributed by atoms with Crippen molar-refractivity contribution in [3.8, 4) is 5.75 Å². The minimum absolute atomic E-state index is 0.0680. The molecule has 2 aliphatic rings. The summed E-state index contributed by atoms with van der Waals surface area (Å²) in [5.74, 6) is 0.776. The Morgan fingerprint density at radius 2 is 1.64 bits per heavy atom. The molecule has 184 valence electrons. The van der Waals surface area contributed by atoms with Gasteiger partial charge >= 0.3 is 11.9 Å². The minimum atomic E-state index is -0.563. The maximum absolute atomic E-state index is 13.1. The number of hydrogen-bond donors (Lipinski definition) is 0. The first-order valence-electron chi connectivity index (χ1n) is 12.9. The minimum Gasteiger partial charge on any atom is -0.486 e. The van der Waals surface area contributed by atoms with E-state index in [-0.39, 0.29) is 30.6 Å². The first kappa shape index (κ1) is 25.6. The third-order valence-electron chi connectivity index (χ3n) is 6.90. The summed E-state index contributed by atoms with van der Waals surface area (Å²) in [4.78, 5) is 25.5. The van der Waals surface area contributed by atoms with Crippen LogP contribution < -0.4 is 4.74 Å². The summed E-state index contributed by atoms with van der Waals surface area (Å²) >= 11 is 0. The predicted octanol–water partition coefficient (Wildman–Crippen LogP) is 6.48. The molecule has 1 aliphatic heterocycles. The maximum atomic E-state index is 13.1.